The molecule has 0 unspecified atom stereocenters. The van der Waals surface area contributed by atoms with Gasteiger partial charge in [-0.2, -0.15) is 0 Å². The zero-order chi connectivity index (χ0) is 14.9. The lowest BCUT2D eigenvalue weighted by molar-refractivity contribution is -0.114. The van der Waals surface area contributed by atoms with E-state index in [1.807, 2.05) is 12.1 Å². The number of nitrogens with zero attached hydrogens (tertiary/aromatic N) is 1. The van der Waals surface area contributed by atoms with E-state index in [1.54, 1.807) is 0 Å². The van der Waals surface area contributed by atoms with Crippen molar-refractivity contribution in [3.8, 4) is 0 Å². The fraction of sp³-hybridized carbons (Fsp3) is 0.562. The molecule has 3 N–H and O–H groups in total. The topological polar surface area (TPSA) is 58.4 Å². The van der Waals surface area contributed by atoms with Crippen molar-refractivity contribution in [3.05, 3.63) is 17.7 Å². The van der Waals surface area contributed by atoms with Crippen molar-refractivity contribution in [2.24, 2.45) is 0 Å². The number of carbonyl (C=O) groups is 1. The van der Waals surface area contributed by atoms with E-state index < -0.39 is 0 Å². The van der Waals surface area contributed by atoms with Crippen molar-refractivity contribution < 1.29 is 4.79 Å². The fourth-order valence-corrected chi connectivity index (χ4v) is 3.19. The van der Waals surface area contributed by atoms with Gasteiger partial charge < -0.3 is 16.0 Å². The monoisotopic (exact) mass is 275 g/mol. The van der Waals surface area contributed by atoms with Gasteiger partial charge in [0.15, 0.2) is 0 Å². The van der Waals surface area contributed by atoms with Crippen molar-refractivity contribution in [1.82, 2.24) is 0 Å². The predicted molar refractivity (Wildman–Crippen MR) is 85.1 cm³/mol. The Bertz CT molecular complexity index is 503. The number of amides is 1. The average Bonchev–Trinajstić information content (AvgIpc) is 2.33. The lowest BCUT2D eigenvalue weighted by atomic mass is 9.95. The summed E-state index contributed by atoms with van der Waals surface area (Å²) in [6, 6.07) is 5.01. The molecule has 1 aliphatic heterocycles. The molecule has 1 aromatic rings. The minimum absolute atomic E-state index is 0.0914. The largest absolute Gasteiger partial charge is 0.397 e. The van der Waals surface area contributed by atoms with E-state index in [-0.39, 0.29) is 5.91 Å². The molecule has 0 saturated carbocycles. The van der Waals surface area contributed by atoms with Crippen molar-refractivity contribution >= 4 is 23.0 Å². The summed E-state index contributed by atoms with van der Waals surface area (Å²) in [6.07, 6.45) is 3.71. The molecule has 2 atom stereocenters. The maximum Gasteiger partial charge on any atom is 0.221 e. The SMILES string of the molecule is CC(=O)Nc1cc(N2[C@@H](C)CCC[C@@H]2C)c(C)cc1N. The fourth-order valence-electron chi connectivity index (χ4n) is 3.19. The quantitative estimate of drug-likeness (QED) is 0.814. The van der Waals surface area contributed by atoms with Gasteiger partial charge >= 0.3 is 0 Å². The number of rotatable bonds is 2. The third-order valence-corrected chi connectivity index (χ3v) is 4.15. The number of carbonyl (C=O) groups excluding carboxylic acids is 1. The lowest BCUT2D eigenvalue weighted by Gasteiger charge is -2.42. The van der Waals surface area contributed by atoms with E-state index >= 15 is 0 Å². The standard InChI is InChI=1S/C16H25N3O/c1-10-8-14(17)15(18-13(4)20)9-16(10)19-11(2)6-5-7-12(19)3/h8-9,11-12H,5-7,17H2,1-4H3,(H,18,20)/t11-,12-/m0/s1. The Morgan fingerprint density at radius 1 is 1.30 bits per heavy atom. The molecule has 0 aromatic heterocycles. The maximum absolute atomic E-state index is 11.3. The average molecular weight is 275 g/mol. The number of nitrogens with two attached hydrogens (primary N) is 1. The molecule has 1 fully saturated rings. The van der Waals surface area contributed by atoms with Crippen molar-refractivity contribution in [3.63, 3.8) is 0 Å². The smallest absolute Gasteiger partial charge is 0.221 e. The minimum atomic E-state index is -0.0914. The molecule has 0 radical (unpaired) electrons. The molecule has 1 aromatic carbocycles. The molecule has 1 amide bonds. The van der Waals surface area contributed by atoms with Gasteiger partial charge in [-0.25, -0.2) is 0 Å². The van der Waals surface area contributed by atoms with Crippen LogP contribution >= 0.6 is 0 Å². The summed E-state index contributed by atoms with van der Waals surface area (Å²) in [7, 11) is 0. The molecule has 1 aliphatic rings. The third-order valence-electron chi connectivity index (χ3n) is 4.15. The van der Waals surface area contributed by atoms with Gasteiger partial charge in [0.2, 0.25) is 5.91 Å². The highest BCUT2D eigenvalue weighted by molar-refractivity contribution is 5.93. The highest BCUT2D eigenvalue weighted by Crippen LogP contribution is 2.35. The van der Waals surface area contributed by atoms with Crippen LogP contribution < -0.4 is 16.0 Å². The summed E-state index contributed by atoms with van der Waals surface area (Å²) in [5, 5.41) is 2.82. The molecule has 1 saturated heterocycles. The van der Waals surface area contributed by atoms with Crippen LogP contribution in [0.1, 0.15) is 45.6 Å². The Balaban J connectivity index is 2.41. The van der Waals surface area contributed by atoms with Gasteiger partial charge in [0.05, 0.1) is 11.4 Å². The van der Waals surface area contributed by atoms with E-state index in [0.29, 0.717) is 23.5 Å². The number of hydrogen-bond donors (Lipinski definition) is 2. The minimum Gasteiger partial charge on any atom is -0.397 e. The first-order valence-corrected chi connectivity index (χ1v) is 7.36. The summed E-state index contributed by atoms with van der Waals surface area (Å²) in [5.41, 5.74) is 9.69. The first-order valence-electron chi connectivity index (χ1n) is 7.36. The number of nitrogens with one attached hydrogen (secondary N) is 1. The van der Waals surface area contributed by atoms with Crippen LogP contribution in [0.15, 0.2) is 12.1 Å². The zero-order valence-electron chi connectivity index (χ0n) is 12.9. The molecule has 1 heterocycles. The second-order valence-corrected chi connectivity index (χ2v) is 5.94. The molecular formula is C16H25N3O. The predicted octanol–water partition coefficient (Wildman–Crippen LogP) is 3.30. The van der Waals surface area contributed by atoms with Crippen LogP contribution in [-0.2, 0) is 4.79 Å². The van der Waals surface area contributed by atoms with Gasteiger partial charge in [0.1, 0.15) is 0 Å². The lowest BCUT2D eigenvalue weighted by Crippen LogP contribution is -2.44. The number of aryl methyl sites for hydroxylation is 1. The van der Waals surface area contributed by atoms with Crippen LogP contribution in [0, 0.1) is 6.92 Å². The molecule has 110 valence electrons. The van der Waals surface area contributed by atoms with E-state index in [2.05, 4.69) is 31.0 Å². The number of anilines is 3. The summed E-state index contributed by atoms with van der Waals surface area (Å²) in [5.74, 6) is -0.0914. The number of piperidine rings is 1. The van der Waals surface area contributed by atoms with Gasteiger partial charge in [-0.15, -0.1) is 0 Å². The molecular weight excluding hydrogens is 250 g/mol. The van der Waals surface area contributed by atoms with Crippen molar-refractivity contribution in [1.29, 1.82) is 0 Å². The maximum atomic E-state index is 11.3. The molecule has 0 spiro atoms. The number of benzene rings is 1. The molecule has 20 heavy (non-hydrogen) atoms. The molecule has 4 nitrogen and oxygen atoms in total. The van der Waals surface area contributed by atoms with E-state index in [9.17, 15) is 4.79 Å². The number of hydrogen-bond acceptors (Lipinski definition) is 3. The molecule has 0 aliphatic carbocycles. The Morgan fingerprint density at radius 2 is 1.90 bits per heavy atom. The first kappa shape index (κ1) is 14.7. The second kappa shape index (κ2) is 5.73. The summed E-state index contributed by atoms with van der Waals surface area (Å²) < 4.78 is 0. The zero-order valence-corrected chi connectivity index (χ0v) is 12.9. The van der Waals surface area contributed by atoms with Crippen molar-refractivity contribution in [2.75, 3.05) is 16.0 Å². The molecule has 2 rings (SSSR count). The highest BCUT2D eigenvalue weighted by Gasteiger charge is 2.26. The summed E-state index contributed by atoms with van der Waals surface area (Å²) in [4.78, 5) is 13.7. The summed E-state index contributed by atoms with van der Waals surface area (Å²) in [6.45, 7) is 8.12. The van der Waals surface area contributed by atoms with Crippen LogP contribution in [0.25, 0.3) is 0 Å². The first-order chi connectivity index (χ1) is 9.40. The van der Waals surface area contributed by atoms with E-state index in [4.69, 9.17) is 5.73 Å². The Labute approximate surface area is 121 Å². The van der Waals surface area contributed by atoms with E-state index in [1.165, 1.54) is 31.9 Å². The second-order valence-electron chi connectivity index (χ2n) is 5.94. The van der Waals surface area contributed by atoms with Gasteiger partial charge in [0.25, 0.3) is 0 Å². The molecule has 0 bridgehead atoms. The highest BCUT2D eigenvalue weighted by atomic mass is 16.1. The third kappa shape index (κ3) is 2.89. The van der Waals surface area contributed by atoms with Gasteiger partial charge in [-0.1, -0.05) is 0 Å². The van der Waals surface area contributed by atoms with Crippen LogP contribution in [0.5, 0.6) is 0 Å². The Hall–Kier alpha value is -1.71. The van der Waals surface area contributed by atoms with Crippen molar-refractivity contribution in [2.45, 2.75) is 59.0 Å². The van der Waals surface area contributed by atoms with Gasteiger partial charge in [-0.05, 0) is 57.7 Å². The molecule has 4 heteroatoms. The van der Waals surface area contributed by atoms with Gasteiger partial charge in [0, 0.05) is 24.7 Å². The van der Waals surface area contributed by atoms with Crippen LogP contribution in [-0.4, -0.2) is 18.0 Å². The van der Waals surface area contributed by atoms with Gasteiger partial charge in [-0.3, -0.25) is 4.79 Å². The Morgan fingerprint density at radius 3 is 2.45 bits per heavy atom. The summed E-state index contributed by atoms with van der Waals surface area (Å²) >= 11 is 0. The van der Waals surface area contributed by atoms with E-state index in [0.717, 1.165) is 5.56 Å². The Kier molecular flexibility index (Phi) is 4.21. The van der Waals surface area contributed by atoms with Crippen LogP contribution in [0.3, 0.4) is 0 Å². The normalized spacial score (nSPS) is 22.7. The number of nitrogen functional groups attached to an aromatic ring is 1. The van der Waals surface area contributed by atoms with Crippen LogP contribution in [0.2, 0.25) is 0 Å². The van der Waals surface area contributed by atoms with Crippen LogP contribution in [0.4, 0.5) is 17.1 Å².